The molecule has 0 aromatic carbocycles. The molecule has 0 aliphatic rings. The molecule has 0 bridgehead atoms. The van der Waals surface area contributed by atoms with Gasteiger partial charge >= 0.3 is 0 Å². The lowest BCUT2D eigenvalue weighted by Gasteiger charge is -2.19. The first kappa shape index (κ1) is 14.9. The molecule has 0 spiro atoms. The number of rotatable bonds is 5. The van der Waals surface area contributed by atoms with Gasteiger partial charge in [0.25, 0.3) is 0 Å². The molecule has 0 saturated carbocycles. The van der Waals surface area contributed by atoms with Gasteiger partial charge in [0.2, 0.25) is 0 Å². The Balaban J connectivity index is 0. The molecule has 0 aliphatic carbocycles. The van der Waals surface area contributed by atoms with Gasteiger partial charge in [0.1, 0.15) is 24.9 Å². The van der Waals surface area contributed by atoms with E-state index in [4.69, 9.17) is 25.5 Å². The van der Waals surface area contributed by atoms with Crippen LogP contribution in [-0.4, -0.2) is 68.3 Å². The number of hydrogen-bond donors (Lipinski definition) is 5. The van der Waals surface area contributed by atoms with E-state index in [0.717, 1.165) is 0 Å². The maximum Gasteiger partial charge on any atom is 0.189 e. The Bertz CT molecular complexity index is 148. The normalized spacial score (nSPS) is 17.0. The fourth-order valence-corrected chi connectivity index (χ4v) is 0.602. The monoisotopic (exact) mass is 198 g/mol. The Kier molecular flexibility index (Phi) is 7.92. The van der Waals surface area contributed by atoms with Crippen molar-refractivity contribution >= 4 is 5.78 Å². The summed E-state index contributed by atoms with van der Waals surface area (Å²) in [5.41, 5.74) is 0. The molecule has 0 saturated heterocycles. The topological polar surface area (TPSA) is 150 Å². The van der Waals surface area contributed by atoms with Crippen molar-refractivity contribution in [1.82, 2.24) is 0 Å². The summed E-state index contributed by atoms with van der Waals surface area (Å²) in [6.07, 6.45) is -5.22. The van der Waals surface area contributed by atoms with Crippen molar-refractivity contribution < 1.29 is 35.8 Å². The molecule has 0 amide bonds. The van der Waals surface area contributed by atoms with E-state index in [1.807, 2.05) is 0 Å². The minimum absolute atomic E-state index is 0. The lowest BCUT2D eigenvalue weighted by molar-refractivity contribution is -0.142. The summed E-state index contributed by atoms with van der Waals surface area (Å²) in [4.78, 5) is 10.5. The van der Waals surface area contributed by atoms with Crippen LogP contribution in [0.25, 0.3) is 0 Å². The number of ketones is 1. The Hall–Kier alpha value is -0.570. The van der Waals surface area contributed by atoms with Crippen molar-refractivity contribution in [3.05, 3.63) is 0 Å². The Labute approximate surface area is 74.2 Å². The molecule has 0 aromatic rings. The zero-order valence-electron chi connectivity index (χ0n) is 6.79. The van der Waals surface area contributed by atoms with E-state index in [9.17, 15) is 4.79 Å². The number of carbonyl (C=O) groups is 1. The third-order valence-corrected chi connectivity index (χ3v) is 1.39. The standard InChI is InChI=1S/C6H12O6.H2O/c7-1-3(9)5(11)6(12)4(10)2-8;/h3,5-9,11-12H,1-2H2;1H2/t3-,5+,6+;/m1./s1. The molecular weight excluding hydrogens is 184 g/mol. The first-order valence-corrected chi connectivity index (χ1v) is 3.33. The van der Waals surface area contributed by atoms with Crippen LogP contribution in [0, 0.1) is 0 Å². The predicted molar refractivity (Wildman–Crippen MR) is 40.8 cm³/mol. The predicted octanol–water partition coefficient (Wildman–Crippen LogP) is -4.20. The van der Waals surface area contributed by atoms with Crippen molar-refractivity contribution in [2.45, 2.75) is 18.3 Å². The van der Waals surface area contributed by atoms with Crippen LogP contribution in [0.4, 0.5) is 0 Å². The molecule has 0 aromatic heterocycles. The zero-order chi connectivity index (χ0) is 9.72. The second kappa shape index (κ2) is 6.89. The van der Waals surface area contributed by atoms with Crippen molar-refractivity contribution in [3.63, 3.8) is 0 Å². The highest BCUT2D eigenvalue weighted by Gasteiger charge is 2.28. The van der Waals surface area contributed by atoms with E-state index >= 15 is 0 Å². The van der Waals surface area contributed by atoms with Gasteiger partial charge in [0.05, 0.1) is 6.61 Å². The van der Waals surface area contributed by atoms with E-state index in [0.29, 0.717) is 0 Å². The Morgan fingerprint density at radius 3 is 1.92 bits per heavy atom. The van der Waals surface area contributed by atoms with Gasteiger partial charge in [-0.05, 0) is 0 Å². The average Bonchev–Trinajstić information content (AvgIpc) is 2.12. The number of carbonyl (C=O) groups excluding carboxylic acids is 1. The van der Waals surface area contributed by atoms with Gasteiger partial charge in [-0.3, -0.25) is 4.79 Å². The number of hydrogen-bond acceptors (Lipinski definition) is 6. The van der Waals surface area contributed by atoms with Crippen molar-refractivity contribution in [2.75, 3.05) is 13.2 Å². The smallest absolute Gasteiger partial charge is 0.189 e. The Morgan fingerprint density at radius 2 is 1.62 bits per heavy atom. The van der Waals surface area contributed by atoms with E-state index < -0.39 is 37.3 Å². The van der Waals surface area contributed by atoms with E-state index in [-0.39, 0.29) is 5.48 Å². The molecule has 7 N–H and O–H groups in total. The largest absolute Gasteiger partial charge is 0.412 e. The fraction of sp³-hybridized carbons (Fsp3) is 0.833. The van der Waals surface area contributed by atoms with Crippen LogP contribution >= 0.6 is 0 Å². The van der Waals surface area contributed by atoms with Crippen LogP contribution in [-0.2, 0) is 4.79 Å². The highest BCUT2D eigenvalue weighted by atomic mass is 16.4. The summed E-state index contributed by atoms with van der Waals surface area (Å²) >= 11 is 0. The molecule has 80 valence electrons. The summed E-state index contributed by atoms with van der Waals surface area (Å²) in [6, 6.07) is 0. The van der Waals surface area contributed by atoms with Gasteiger partial charge in [0, 0.05) is 0 Å². The van der Waals surface area contributed by atoms with Gasteiger partial charge in [-0.15, -0.1) is 0 Å². The highest BCUT2D eigenvalue weighted by molar-refractivity contribution is 5.84. The summed E-state index contributed by atoms with van der Waals surface area (Å²) in [5, 5.41) is 43.1. The van der Waals surface area contributed by atoms with Gasteiger partial charge in [-0.1, -0.05) is 0 Å². The fourth-order valence-electron chi connectivity index (χ4n) is 0.602. The van der Waals surface area contributed by atoms with E-state index in [2.05, 4.69) is 0 Å². The molecule has 0 aliphatic heterocycles. The zero-order valence-corrected chi connectivity index (χ0v) is 6.79. The molecule has 0 radical (unpaired) electrons. The number of aliphatic hydroxyl groups is 5. The molecular formula is C6H14O7. The van der Waals surface area contributed by atoms with Crippen LogP contribution in [0.5, 0.6) is 0 Å². The number of Topliss-reactive ketones (excluding diaryl/α,β-unsaturated/α-hetero) is 1. The molecule has 0 fully saturated rings. The maximum absolute atomic E-state index is 10.5. The minimum atomic E-state index is -1.86. The van der Waals surface area contributed by atoms with Crippen LogP contribution in [0.3, 0.4) is 0 Å². The lowest BCUT2D eigenvalue weighted by Crippen LogP contribution is -2.44. The van der Waals surface area contributed by atoms with Crippen LogP contribution in [0.15, 0.2) is 0 Å². The third-order valence-electron chi connectivity index (χ3n) is 1.39. The van der Waals surface area contributed by atoms with Crippen LogP contribution in [0.1, 0.15) is 0 Å². The van der Waals surface area contributed by atoms with Crippen molar-refractivity contribution in [1.29, 1.82) is 0 Å². The summed E-state index contributed by atoms with van der Waals surface area (Å²) in [7, 11) is 0. The minimum Gasteiger partial charge on any atom is -0.412 e. The molecule has 0 heterocycles. The molecule has 3 atom stereocenters. The quantitative estimate of drug-likeness (QED) is 0.302. The first-order valence-electron chi connectivity index (χ1n) is 3.33. The van der Waals surface area contributed by atoms with Crippen molar-refractivity contribution in [3.8, 4) is 0 Å². The SMILES string of the molecule is O.O=C(CO)[C@H](O)[C@@H](O)[C@H](O)CO. The Morgan fingerprint density at radius 1 is 1.15 bits per heavy atom. The lowest BCUT2D eigenvalue weighted by atomic mass is 10.1. The molecule has 7 heteroatoms. The summed E-state index contributed by atoms with van der Waals surface area (Å²) < 4.78 is 0. The average molecular weight is 198 g/mol. The van der Waals surface area contributed by atoms with Gasteiger partial charge < -0.3 is 31.0 Å². The van der Waals surface area contributed by atoms with Crippen LogP contribution < -0.4 is 0 Å². The van der Waals surface area contributed by atoms with Crippen molar-refractivity contribution in [2.24, 2.45) is 0 Å². The number of aliphatic hydroxyl groups excluding tert-OH is 5. The summed E-state index contributed by atoms with van der Waals surface area (Å²) in [5.74, 6) is -1.00. The molecule has 0 rings (SSSR count). The summed E-state index contributed by atoms with van der Waals surface area (Å²) in [6.45, 7) is -1.69. The first-order chi connectivity index (χ1) is 5.54. The third kappa shape index (κ3) is 4.27. The molecule has 13 heavy (non-hydrogen) atoms. The second-order valence-electron chi connectivity index (χ2n) is 2.31. The molecule has 0 unspecified atom stereocenters. The maximum atomic E-state index is 10.5. The van der Waals surface area contributed by atoms with Gasteiger partial charge in [0.15, 0.2) is 5.78 Å². The highest BCUT2D eigenvalue weighted by Crippen LogP contribution is 2.00. The van der Waals surface area contributed by atoms with E-state index in [1.165, 1.54) is 0 Å². The van der Waals surface area contributed by atoms with Crippen LogP contribution in [0.2, 0.25) is 0 Å². The van der Waals surface area contributed by atoms with E-state index in [1.54, 1.807) is 0 Å². The van der Waals surface area contributed by atoms with Gasteiger partial charge in [-0.2, -0.15) is 0 Å². The molecule has 7 nitrogen and oxygen atoms in total. The van der Waals surface area contributed by atoms with Gasteiger partial charge in [-0.25, -0.2) is 0 Å². The second-order valence-corrected chi connectivity index (χ2v) is 2.31.